The van der Waals surface area contributed by atoms with Crippen molar-refractivity contribution in [2.75, 3.05) is 7.11 Å². The summed E-state index contributed by atoms with van der Waals surface area (Å²) < 4.78 is 38.8. The molecule has 3 N–H and O–H groups in total. The number of nitrogens with two attached hydrogens (primary N) is 1. The molecule has 3 rings (SSSR count). The van der Waals surface area contributed by atoms with Gasteiger partial charge in [0.2, 0.25) is 10.0 Å². The van der Waals surface area contributed by atoms with Crippen molar-refractivity contribution in [2.24, 2.45) is 5.14 Å². The molecule has 0 bridgehead atoms. The second kappa shape index (κ2) is 8.80. The van der Waals surface area contributed by atoms with Crippen LogP contribution in [-0.4, -0.2) is 21.4 Å². The number of hydrogen-bond donors (Lipinski definition) is 2. The van der Waals surface area contributed by atoms with Gasteiger partial charge in [0.1, 0.15) is 23.9 Å². The molecule has 0 atom stereocenters. The standard InChI is InChI=1S/C20H20N2O6S/c1-26-15-3-2-4-16(11-15)27-13-17-7-10-19(28-17)20(23)22-12-14-5-8-18(9-6-14)29(21,24)25/h2-11H,12-13H2,1H3,(H,22,23)(H2,21,24,25). The van der Waals surface area contributed by atoms with Gasteiger partial charge >= 0.3 is 0 Å². The third-order valence-electron chi connectivity index (χ3n) is 4.01. The van der Waals surface area contributed by atoms with E-state index in [1.165, 1.54) is 12.1 Å². The van der Waals surface area contributed by atoms with E-state index in [1.807, 2.05) is 12.1 Å². The molecule has 29 heavy (non-hydrogen) atoms. The second-order valence-corrected chi connectivity index (χ2v) is 7.67. The highest BCUT2D eigenvalue weighted by atomic mass is 32.2. The number of nitrogens with one attached hydrogen (secondary N) is 1. The van der Waals surface area contributed by atoms with Gasteiger partial charge in [-0.15, -0.1) is 0 Å². The van der Waals surface area contributed by atoms with Crippen LogP contribution < -0.4 is 19.9 Å². The first-order valence-corrected chi connectivity index (χ1v) is 10.2. The zero-order valence-corrected chi connectivity index (χ0v) is 16.4. The molecule has 2 aromatic carbocycles. The number of carbonyl (C=O) groups excluding carboxylic acids is 1. The highest BCUT2D eigenvalue weighted by Crippen LogP contribution is 2.20. The second-order valence-electron chi connectivity index (χ2n) is 6.11. The average molecular weight is 416 g/mol. The van der Waals surface area contributed by atoms with Gasteiger partial charge in [-0.25, -0.2) is 13.6 Å². The maximum absolute atomic E-state index is 12.2. The quantitative estimate of drug-likeness (QED) is 0.582. The molecule has 9 heteroatoms. The number of ether oxygens (including phenoxy) is 2. The van der Waals surface area contributed by atoms with Crippen LogP contribution in [-0.2, 0) is 23.2 Å². The fraction of sp³-hybridized carbons (Fsp3) is 0.150. The summed E-state index contributed by atoms with van der Waals surface area (Å²) in [6, 6.07) is 16.3. The maximum Gasteiger partial charge on any atom is 0.287 e. The number of sulfonamides is 1. The number of methoxy groups -OCH3 is 1. The molecule has 0 saturated heterocycles. The molecular formula is C20H20N2O6S. The monoisotopic (exact) mass is 416 g/mol. The van der Waals surface area contributed by atoms with Crippen LogP contribution >= 0.6 is 0 Å². The number of primary sulfonamides is 1. The summed E-state index contributed by atoms with van der Waals surface area (Å²) in [6.45, 7) is 0.371. The van der Waals surface area contributed by atoms with Gasteiger partial charge in [0, 0.05) is 12.6 Å². The molecule has 1 amide bonds. The Morgan fingerprint density at radius 3 is 2.48 bits per heavy atom. The molecule has 0 unspecified atom stereocenters. The summed E-state index contributed by atoms with van der Waals surface area (Å²) in [7, 11) is -2.17. The largest absolute Gasteiger partial charge is 0.497 e. The summed E-state index contributed by atoms with van der Waals surface area (Å²) in [5.41, 5.74) is 0.721. The first-order chi connectivity index (χ1) is 13.8. The normalized spacial score (nSPS) is 11.1. The van der Waals surface area contributed by atoms with E-state index < -0.39 is 15.9 Å². The van der Waals surface area contributed by atoms with Crippen molar-refractivity contribution >= 4 is 15.9 Å². The molecule has 0 spiro atoms. The van der Waals surface area contributed by atoms with Crippen molar-refractivity contribution in [3.8, 4) is 11.5 Å². The molecule has 0 fully saturated rings. The van der Waals surface area contributed by atoms with Crippen LogP contribution in [0, 0.1) is 0 Å². The Hall–Kier alpha value is -3.30. The Morgan fingerprint density at radius 2 is 1.79 bits per heavy atom. The van der Waals surface area contributed by atoms with E-state index in [-0.39, 0.29) is 23.8 Å². The lowest BCUT2D eigenvalue weighted by Gasteiger charge is -2.06. The molecule has 0 aliphatic heterocycles. The van der Waals surface area contributed by atoms with E-state index in [4.69, 9.17) is 19.0 Å². The minimum absolute atomic E-state index is 0.0132. The number of benzene rings is 2. The van der Waals surface area contributed by atoms with E-state index in [0.29, 0.717) is 17.3 Å². The molecule has 152 valence electrons. The van der Waals surface area contributed by atoms with Crippen LogP contribution in [0.3, 0.4) is 0 Å². The lowest BCUT2D eigenvalue weighted by molar-refractivity contribution is 0.0919. The molecule has 0 aliphatic carbocycles. The third kappa shape index (κ3) is 5.59. The van der Waals surface area contributed by atoms with Gasteiger partial charge in [-0.3, -0.25) is 4.79 Å². The molecule has 0 radical (unpaired) electrons. The number of amides is 1. The van der Waals surface area contributed by atoms with Crippen LogP contribution in [0.2, 0.25) is 0 Å². The Kier molecular flexibility index (Phi) is 6.20. The van der Waals surface area contributed by atoms with Crippen molar-refractivity contribution in [3.63, 3.8) is 0 Å². The van der Waals surface area contributed by atoms with Gasteiger partial charge in [0.25, 0.3) is 5.91 Å². The summed E-state index contributed by atoms with van der Waals surface area (Å²) >= 11 is 0. The maximum atomic E-state index is 12.2. The summed E-state index contributed by atoms with van der Waals surface area (Å²) in [5, 5.41) is 7.76. The van der Waals surface area contributed by atoms with Gasteiger partial charge in [0.05, 0.1) is 12.0 Å². The van der Waals surface area contributed by atoms with E-state index in [2.05, 4.69) is 5.32 Å². The van der Waals surface area contributed by atoms with E-state index >= 15 is 0 Å². The first kappa shape index (κ1) is 20.4. The van der Waals surface area contributed by atoms with Crippen LogP contribution in [0.15, 0.2) is 70.0 Å². The van der Waals surface area contributed by atoms with Crippen molar-refractivity contribution in [1.82, 2.24) is 5.32 Å². The van der Waals surface area contributed by atoms with Gasteiger partial charge in [-0.05, 0) is 42.0 Å². The topological polar surface area (TPSA) is 121 Å². The van der Waals surface area contributed by atoms with E-state index in [9.17, 15) is 13.2 Å². The number of hydrogen-bond acceptors (Lipinski definition) is 6. The van der Waals surface area contributed by atoms with Crippen molar-refractivity contribution < 1.29 is 27.1 Å². The number of rotatable bonds is 8. The van der Waals surface area contributed by atoms with E-state index in [1.54, 1.807) is 43.5 Å². The fourth-order valence-corrected chi connectivity index (χ4v) is 3.00. The SMILES string of the molecule is COc1cccc(OCc2ccc(C(=O)NCc3ccc(S(N)(=O)=O)cc3)o2)c1. The Morgan fingerprint density at radius 1 is 1.07 bits per heavy atom. The molecule has 0 aliphatic rings. The number of carbonyl (C=O) groups is 1. The molecular weight excluding hydrogens is 396 g/mol. The highest BCUT2D eigenvalue weighted by molar-refractivity contribution is 7.89. The van der Waals surface area contributed by atoms with Crippen LogP contribution in [0.1, 0.15) is 21.9 Å². The van der Waals surface area contributed by atoms with Crippen LogP contribution in [0.4, 0.5) is 0 Å². The van der Waals surface area contributed by atoms with E-state index in [0.717, 1.165) is 5.56 Å². The Bertz CT molecular complexity index is 1090. The van der Waals surface area contributed by atoms with Crippen molar-refractivity contribution in [1.29, 1.82) is 0 Å². The van der Waals surface area contributed by atoms with Crippen molar-refractivity contribution in [2.45, 2.75) is 18.0 Å². The third-order valence-corrected chi connectivity index (χ3v) is 4.94. The molecule has 0 saturated carbocycles. The van der Waals surface area contributed by atoms with Crippen molar-refractivity contribution in [3.05, 3.63) is 77.7 Å². The minimum Gasteiger partial charge on any atom is -0.497 e. The molecule has 8 nitrogen and oxygen atoms in total. The zero-order valence-electron chi connectivity index (χ0n) is 15.6. The Labute approximate surface area is 168 Å². The average Bonchev–Trinajstić information content (AvgIpc) is 3.19. The zero-order chi connectivity index (χ0) is 20.9. The Balaban J connectivity index is 1.53. The predicted molar refractivity (Wildman–Crippen MR) is 105 cm³/mol. The van der Waals surface area contributed by atoms with Gasteiger partial charge in [0.15, 0.2) is 5.76 Å². The number of furan rings is 1. The first-order valence-electron chi connectivity index (χ1n) is 8.60. The lowest BCUT2D eigenvalue weighted by atomic mass is 10.2. The van der Waals surface area contributed by atoms with Gasteiger partial charge in [-0.2, -0.15) is 0 Å². The predicted octanol–water partition coefficient (Wildman–Crippen LogP) is 2.44. The van der Waals surface area contributed by atoms with Gasteiger partial charge < -0.3 is 19.2 Å². The summed E-state index contributed by atoms with van der Waals surface area (Å²) in [6.07, 6.45) is 0. The summed E-state index contributed by atoms with van der Waals surface area (Å²) in [5.74, 6) is 1.55. The molecule has 1 heterocycles. The molecule has 3 aromatic rings. The smallest absolute Gasteiger partial charge is 0.287 e. The van der Waals surface area contributed by atoms with Gasteiger partial charge in [-0.1, -0.05) is 18.2 Å². The van der Waals surface area contributed by atoms with Crippen LogP contribution in [0.5, 0.6) is 11.5 Å². The summed E-state index contributed by atoms with van der Waals surface area (Å²) in [4.78, 5) is 12.3. The minimum atomic E-state index is -3.74. The van der Waals surface area contributed by atoms with Crippen LogP contribution in [0.25, 0.3) is 0 Å². The molecule has 1 aromatic heterocycles. The fourth-order valence-electron chi connectivity index (χ4n) is 2.49. The highest BCUT2D eigenvalue weighted by Gasteiger charge is 2.12. The lowest BCUT2D eigenvalue weighted by Crippen LogP contribution is -2.22.